The quantitative estimate of drug-likeness (QED) is 0.354. The van der Waals surface area contributed by atoms with E-state index in [2.05, 4.69) is 15.4 Å². The number of amides is 1. The normalized spacial score (nSPS) is 11.7. The van der Waals surface area contributed by atoms with Gasteiger partial charge in [0.15, 0.2) is 17.0 Å². The molecule has 2 aromatic carbocycles. The van der Waals surface area contributed by atoms with E-state index in [1.165, 1.54) is 18.2 Å². The van der Waals surface area contributed by atoms with E-state index in [1.807, 2.05) is 0 Å². The molecule has 11 heteroatoms. The molecule has 0 atom stereocenters. The molecule has 31 heavy (non-hydrogen) atoms. The maximum atomic E-state index is 13.7. The minimum absolute atomic E-state index is 0.0370. The fourth-order valence-corrected chi connectivity index (χ4v) is 3.57. The lowest BCUT2D eigenvalue weighted by atomic mass is 10.1. The highest BCUT2D eigenvalue weighted by atomic mass is 35.5. The Kier molecular flexibility index (Phi) is 5.55. The predicted molar refractivity (Wildman–Crippen MR) is 113 cm³/mol. The van der Waals surface area contributed by atoms with Gasteiger partial charge in [-0.2, -0.15) is 18.3 Å². The first-order chi connectivity index (χ1) is 14.6. The van der Waals surface area contributed by atoms with Crippen molar-refractivity contribution in [3.05, 3.63) is 81.1 Å². The summed E-state index contributed by atoms with van der Waals surface area (Å²) in [6, 6.07) is 13.5. The number of rotatable bonds is 3. The van der Waals surface area contributed by atoms with Crippen LogP contribution < -0.4 is 5.32 Å². The molecule has 2 heterocycles. The van der Waals surface area contributed by atoms with Crippen LogP contribution in [0, 0.1) is 0 Å². The lowest BCUT2D eigenvalue weighted by molar-refractivity contribution is -0.142. The van der Waals surface area contributed by atoms with Crippen molar-refractivity contribution in [3.63, 3.8) is 0 Å². The second kappa shape index (κ2) is 8.03. The van der Waals surface area contributed by atoms with Gasteiger partial charge in [-0.1, -0.05) is 65.1 Å². The summed E-state index contributed by atoms with van der Waals surface area (Å²) in [5.74, 6) is -0.853. The maximum absolute atomic E-state index is 13.7. The third kappa shape index (κ3) is 4.19. The van der Waals surface area contributed by atoms with Crippen LogP contribution in [0.1, 0.15) is 16.2 Å². The number of carbonyl (C=O) groups is 1. The average Bonchev–Trinajstić information content (AvgIpc) is 3.06. The lowest BCUT2D eigenvalue weighted by Crippen LogP contribution is -2.16. The first-order valence-corrected chi connectivity index (χ1v) is 9.77. The molecule has 0 saturated heterocycles. The van der Waals surface area contributed by atoms with E-state index in [9.17, 15) is 18.0 Å². The van der Waals surface area contributed by atoms with E-state index >= 15 is 0 Å². The topological polar surface area (TPSA) is 59.3 Å². The van der Waals surface area contributed by atoms with Crippen molar-refractivity contribution in [2.45, 2.75) is 6.18 Å². The molecule has 2 aromatic heterocycles. The second-order valence-corrected chi connectivity index (χ2v) is 7.59. The van der Waals surface area contributed by atoms with Crippen LogP contribution >= 0.6 is 34.8 Å². The van der Waals surface area contributed by atoms with Gasteiger partial charge in [0.1, 0.15) is 5.02 Å². The van der Waals surface area contributed by atoms with Crippen LogP contribution in [0.15, 0.2) is 54.6 Å². The summed E-state index contributed by atoms with van der Waals surface area (Å²) in [6.07, 6.45) is -4.77. The van der Waals surface area contributed by atoms with Crippen molar-refractivity contribution < 1.29 is 18.0 Å². The minimum Gasteiger partial charge on any atom is -0.319 e. The van der Waals surface area contributed by atoms with Gasteiger partial charge in [0, 0.05) is 10.6 Å². The fourth-order valence-electron chi connectivity index (χ4n) is 2.87. The SMILES string of the molecule is O=C(Nc1ccc(Cl)cc1Cl)c1nn2c(C(F)(F)F)cc(-c3ccccc3)nc2c1Cl. The van der Waals surface area contributed by atoms with Gasteiger partial charge in [-0.3, -0.25) is 4.79 Å². The zero-order chi connectivity index (χ0) is 22.3. The average molecular weight is 486 g/mol. The van der Waals surface area contributed by atoms with E-state index in [-0.39, 0.29) is 27.1 Å². The maximum Gasteiger partial charge on any atom is 0.433 e. The Labute approximate surface area is 188 Å². The van der Waals surface area contributed by atoms with Gasteiger partial charge in [-0.25, -0.2) is 9.50 Å². The number of alkyl halides is 3. The lowest BCUT2D eigenvalue weighted by Gasteiger charge is -2.11. The van der Waals surface area contributed by atoms with Gasteiger partial charge < -0.3 is 5.32 Å². The molecule has 0 radical (unpaired) electrons. The Balaban J connectivity index is 1.84. The van der Waals surface area contributed by atoms with Crippen molar-refractivity contribution in [1.82, 2.24) is 14.6 Å². The summed E-state index contributed by atoms with van der Waals surface area (Å²) in [5, 5.41) is 6.40. The Morgan fingerprint density at radius 2 is 1.71 bits per heavy atom. The predicted octanol–water partition coefficient (Wildman–Crippen LogP) is 6.63. The minimum atomic E-state index is -4.77. The van der Waals surface area contributed by atoms with Crippen LogP contribution in [-0.4, -0.2) is 20.5 Å². The van der Waals surface area contributed by atoms with Crippen LogP contribution in [0.3, 0.4) is 0 Å². The van der Waals surface area contributed by atoms with E-state index < -0.39 is 23.5 Å². The number of nitrogens with one attached hydrogen (secondary N) is 1. The van der Waals surface area contributed by atoms with E-state index in [0.29, 0.717) is 15.1 Å². The molecule has 1 amide bonds. The van der Waals surface area contributed by atoms with E-state index in [4.69, 9.17) is 34.8 Å². The molecule has 0 spiro atoms. The molecule has 0 unspecified atom stereocenters. The van der Waals surface area contributed by atoms with Crippen molar-refractivity contribution >= 4 is 52.0 Å². The van der Waals surface area contributed by atoms with Crippen molar-refractivity contribution in [2.24, 2.45) is 0 Å². The first kappa shape index (κ1) is 21.4. The van der Waals surface area contributed by atoms with Crippen LogP contribution in [0.4, 0.5) is 18.9 Å². The molecule has 4 rings (SSSR count). The monoisotopic (exact) mass is 484 g/mol. The highest BCUT2D eigenvalue weighted by molar-refractivity contribution is 6.38. The van der Waals surface area contributed by atoms with Crippen molar-refractivity contribution in [1.29, 1.82) is 0 Å². The second-order valence-electron chi connectivity index (χ2n) is 6.37. The number of carbonyl (C=O) groups excluding carboxylic acids is 1. The van der Waals surface area contributed by atoms with Crippen molar-refractivity contribution in [2.75, 3.05) is 5.32 Å². The van der Waals surface area contributed by atoms with Gasteiger partial charge in [0.05, 0.1) is 16.4 Å². The molecular formula is C20H10Cl3F3N4O. The molecular weight excluding hydrogens is 476 g/mol. The Bertz CT molecular complexity index is 1310. The number of benzene rings is 2. The third-order valence-corrected chi connectivity index (χ3v) is 5.18. The number of anilines is 1. The van der Waals surface area contributed by atoms with Crippen LogP contribution in [-0.2, 0) is 6.18 Å². The molecule has 5 nitrogen and oxygen atoms in total. The van der Waals surface area contributed by atoms with Gasteiger partial charge >= 0.3 is 6.18 Å². The highest BCUT2D eigenvalue weighted by Gasteiger charge is 2.36. The molecule has 158 valence electrons. The number of fused-ring (bicyclic) bond motifs is 1. The third-order valence-electron chi connectivity index (χ3n) is 4.29. The standard InChI is InChI=1S/C20H10Cl3F3N4O/c21-11-6-7-13(12(22)8-11)28-19(31)17-16(23)18-27-14(10-4-2-1-3-5-10)9-15(20(24,25)26)30(18)29-17/h1-9H,(H,28,31). The number of aromatic nitrogens is 3. The Hall–Kier alpha value is -2.81. The summed E-state index contributed by atoms with van der Waals surface area (Å²) in [4.78, 5) is 16.9. The number of nitrogens with zero attached hydrogens (tertiary/aromatic N) is 3. The zero-order valence-corrected chi connectivity index (χ0v) is 17.5. The highest BCUT2D eigenvalue weighted by Crippen LogP contribution is 2.35. The van der Waals surface area contributed by atoms with Gasteiger partial charge in [0.25, 0.3) is 5.91 Å². The van der Waals surface area contributed by atoms with Gasteiger partial charge in [-0.15, -0.1) is 0 Å². The molecule has 0 aliphatic carbocycles. The molecule has 0 fully saturated rings. The zero-order valence-electron chi connectivity index (χ0n) is 15.2. The molecule has 1 N–H and O–H groups in total. The van der Waals surface area contributed by atoms with Gasteiger partial charge in [0.2, 0.25) is 0 Å². The molecule has 4 aromatic rings. The fraction of sp³-hybridized carbons (Fsp3) is 0.0500. The number of hydrogen-bond acceptors (Lipinski definition) is 3. The number of hydrogen-bond donors (Lipinski definition) is 1. The van der Waals surface area contributed by atoms with Crippen LogP contribution in [0.2, 0.25) is 15.1 Å². The van der Waals surface area contributed by atoms with E-state index in [1.54, 1.807) is 30.3 Å². The summed E-state index contributed by atoms with van der Waals surface area (Å²) >= 11 is 18.1. The largest absolute Gasteiger partial charge is 0.433 e. The summed E-state index contributed by atoms with van der Waals surface area (Å²) in [6.45, 7) is 0. The molecule has 0 bridgehead atoms. The molecule has 0 aliphatic rings. The van der Waals surface area contributed by atoms with Crippen LogP contribution in [0.5, 0.6) is 0 Å². The summed E-state index contributed by atoms with van der Waals surface area (Å²) < 4.78 is 41.7. The molecule has 0 aliphatic heterocycles. The van der Waals surface area contributed by atoms with Crippen molar-refractivity contribution in [3.8, 4) is 11.3 Å². The van der Waals surface area contributed by atoms with Crippen LogP contribution in [0.25, 0.3) is 16.9 Å². The summed E-state index contributed by atoms with van der Waals surface area (Å²) in [7, 11) is 0. The smallest absolute Gasteiger partial charge is 0.319 e. The molecule has 0 saturated carbocycles. The first-order valence-electron chi connectivity index (χ1n) is 8.63. The van der Waals surface area contributed by atoms with E-state index in [0.717, 1.165) is 6.07 Å². The van der Waals surface area contributed by atoms with Gasteiger partial charge in [-0.05, 0) is 24.3 Å². The number of halogens is 6. The summed E-state index contributed by atoms with van der Waals surface area (Å²) in [5.41, 5.74) is -1.18. The Morgan fingerprint density at radius 1 is 1.00 bits per heavy atom. The Morgan fingerprint density at radius 3 is 2.35 bits per heavy atom.